The maximum absolute atomic E-state index is 10.6. The normalized spacial score (nSPS) is 10.4. The number of rotatable bonds is 3. The number of carbonyl (C=O) groups is 1. The molecule has 2 aromatic rings. The fourth-order valence-electron chi connectivity index (χ4n) is 1.45. The number of fused-ring (bicyclic) bond motifs is 1. The van der Waals surface area contributed by atoms with E-state index in [9.17, 15) is 4.79 Å². The minimum absolute atomic E-state index is 0.606. The number of aldehydes is 1. The van der Waals surface area contributed by atoms with Crippen LogP contribution in [0.25, 0.3) is 10.9 Å². The molecule has 1 aromatic heterocycles. The fourth-order valence-corrected chi connectivity index (χ4v) is 1.45. The van der Waals surface area contributed by atoms with Crippen molar-refractivity contribution in [1.29, 1.82) is 0 Å². The lowest BCUT2D eigenvalue weighted by atomic mass is 10.2. The van der Waals surface area contributed by atoms with Gasteiger partial charge in [-0.15, -0.1) is 0 Å². The summed E-state index contributed by atoms with van der Waals surface area (Å²) in [5, 5.41) is 1.07. The largest absolute Gasteiger partial charge is 0.414 e. The van der Waals surface area contributed by atoms with Crippen molar-refractivity contribution in [1.82, 2.24) is 4.73 Å². The minimum atomic E-state index is 0.606. The summed E-state index contributed by atoms with van der Waals surface area (Å²) in [7, 11) is 0. The van der Waals surface area contributed by atoms with Crippen molar-refractivity contribution in [2.75, 3.05) is 6.61 Å². The molecule has 0 N–H and O–H groups in total. The van der Waals surface area contributed by atoms with Gasteiger partial charge in [0.25, 0.3) is 0 Å². The van der Waals surface area contributed by atoms with Crippen LogP contribution in [0.5, 0.6) is 0 Å². The molecule has 0 radical (unpaired) electrons. The van der Waals surface area contributed by atoms with E-state index in [1.54, 1.807) is 10.8 Å². The first-order chi connectivity index (χ1) is 6.85. The summed E-state index contributed by atoms with van der Waals surface area (Å²) in [6.07, 6.45) is 2.69. The number of hydrogen-bond acceptors (Lipinski definition) is 2. The van der Waals surface area contributed by atoms with Crippen molar-refractivity contribution < 1.29 is 9.63 Å². The Morgan fingerprint density at radius 3 is 3.00 bits per heavy atom. The summed E-state index contributed by atoms with van der Waals surface area (Å²) in [5.41, 5.74) is 1.59. The van der Waals surface area contributed by atoms with Gasteiger partial charge in [-0.1, -0.05) is 12.1 Å². The third-order valence-corrected chi connectivity index (χ3v) is 2.09. The maximum atomic E-state index is 10.6. The molecule has 0 saturated heterocycles. The van der Waals surface area contributed by atoms with Crippen LogP contribution in [0.2, 0.25) is 0 Å². The molecule has 0 aliphatic rings. The van der Waals surface area contributed by atoms with Crippen LogP contribution in [0, 0.1) is 0 Å². The van der Waals surface area contributed by atoms with Crippen LogP contribution >= 0.6 is 0 Å². The third-order valence-electron chi connectivity index (χ3n) is 2.09. The van der Waals surface area contributed by atoms with Gasteiger partial charge in [-0.2, -0.15) is 4.73 Å². The van der Waals surface area contributed by atoms with Gasteiger partial charge in [0.1, 0.15) is 12.9 Å². The molecule has 72 valence electrons. The van der Waals surface area contributed by atoms with Crippen LogP contribution in [-0.2, 0) is 0 Å². The molecule has 0 saturated carbocycles. The molecule has 0 spiro atoms. The predicted molar refractivity (Wildman–Crippen MR) is 54.4 cm³/mol. The highest BCUT2D eigenvalue weighted by Gasteiger charge is 2.01. The Hall–Kier alpha value is -1.77. The first kappa shape index (κ1) is 8.81. The smallest absolute Gasteiger partial charge is 0.150 e. The van der Waals surface area contributed by atoms with E-state index in [1.165, 1.54) is 0 Å². The van der Waals surface area contributed by atoms with Crippen LogP contribution < -0.4 is 4.84 Å². The van der Waals surface area contributed by atoms with Gasteiger partial charge < -0.3 is 4.84 Å². The zero-order valence-electron chi connectivity index (χ0n) is 7.93. The Labute approximate surface area is 81.9 Å². The molecule has 14 heavy (non-hydrogen) atoms. The summed E-state index contributed by atoms with van der Waals surface area (Å²) in [5.74, 6) is 0. The topological polar surface area (TPSA) is 31.2 Å². The Morgan fingerprint density at radius 2 is 2.29 bits per heavy atom. The second kappa shape index (κ2) is 3.54. The van der Waals surface area contributed by atoms with Crippen LogP contribution in [0.15, 0.2) is 30.5 Å². The molecule has 3 nitrogen and oxygen atoms in total. The molecule has 1 heterocycles. The van der Waals surface area contributed by atoms with Gasteiger partial charge >= 0.3 is 0 Å². The van der Waals surface area contributed by atoms with Crippen LogP contribution in [0.3, 0.4) is 0 Å². The number of hydrogen-bond donors (Lipinski definition) is 0. The van der Waals surface area contributed by atoms with E-state index in [0.717, 1.165) is 17.2 Å². The van der Waals surface area contributed by atoms with E-state index in [2.05, 4.69) is 0 Å². The lowest BCUT2D eigenvalue weighted by molar-refractivity contribution is 0.112. The zero-order valence-corrected chi connectivity index (χ0v) is 7.93. The van der Waals surface area contributed by atoms with Crippen molar-refractivity contribution in [3.63, 3.8) is 0 Å². The highest BCUT2D eigenvalue weighted by molar-refractivity contribution is 5.87. The molecule has 3 heteroatoms. The monoisotopic (exact) mass is 189 g/mol. The van der Waals surface area contributed by atoms with Gasteiger partial charge in [-0.3, -0.25) is 4.79 Å². The van der Waals surface area contributed by atoms with Crippen molar-refractivity contribution >= 4 is 17.2 Å². The SMILES string of the molecule is CCOn1ccc2ccc(C=O)cc21. The third kappa shape index (κ3) is 1.37. The van der Waals surface area contributed by atoms with Gasteiger partial charge in [0.2, 0.25) is 0 Å². The maximum Gasteiger partial charge on any atom is 0.150 e. The summed E-state index contributed by atoms with van der Waals surface area (Å²) < 4.78 is 1.68. The second-order valence-electron chi connectivity index (χ2n) is 3.00. The van der Waals surface area contributed by atoms with Crippen LogP contribution in [0.4, 0.5) is 0 Å². The second-order valence-corrected chi connectivity index (χ2v) is 3.00. The molecule has 0 bridgehead atoms. The standard InChI is InChI=1S/C11H11NO2/c1-2-14-12-6-5-10-4-3-9(8-13)7-11(10)12/h3-8H,2H2,1H3. The van der Waals surface area contributed by atoms with Gasteiger partial charge in [0.15, 0.2) is 0 Å². The number of carbonyl (C=O) groups excluding carboxylic acids is 1. The van der Waals surface area contributed by atoms with Gasteiger partial charge in [0, 0.05) is 17.1 Å². The average molecular weight is 189 g/mol. The Bertz CT molecular complexity index is 459. The Balaban J connectivity index is 2.57. The van der Waals surface area contributed by atoms with Crippen molar-refractivity contribution in [3.8, 4) is 0 Å². The minimum Gasteiger partial charge on any atom is -0.414 e. The summed E-state index contributed by atoms with van der Waals surface area (Å²) >= 11 is 0. The molecule has 0 aliphatic carbocycles. The number of nitrogens with zero attached hydrogens (tertiary/aromatic N) is 1. The van der Waals surface area contributed by atoms with Crippen molar-refractivity contribution in [2.24, 2.45) is 0 Å². The number of aromatic nitrogens is 1. The highest BCUT2D eigenvalue weighted by Crippen LogP contribution is 2.15. The Kier molecular flexibility index (Phi) is 2.23. The van der Waals surface area contributed by atoms with Gasteiger partial charge in [0.05, 0.1) is 5.52 Å². The first-order valence-electron chi connectivity index (χ1n) is 4.54. The molecule has 2 rings (SSSR count). The van der Waals surface area contributed by atoms with E-state index in [-0.39, 0.29) is 0 Å². The Morgan fingerprint density at radius 1 is 1.43 bits per heavy atom. The zero-order chi connectivity index (χ0) is 9.97. The molecule has 0 atom stereocenters. The molecule has 0 fully saturated rings. The first-order valence-corrected chi connectivity index (χ1v) is 4.54. The number of benzene rings is 1. The quantitative estimate of drug-likeness (QED) is 0.690. The van der Waals surface area contributed by atoms with E-state index >= 15 is 0 Å². The van der Waals surface area contributed by atoms with E-state index < -0.39 is 0 Å². The molecule has 1 aromatic carbocycles. The molecular weight excluding hydrogens is 178 g/mol. The van der Waals surface area contributed by atoms with E-state index in [4.69, 9.17) is 4.84 Å². The van der Waals surface area contributed by atoms with E-state index in [0.29, 0.717) is 12.2 Å². The molecule has 0 amide bonds. The molecule has 0 unspecified atom stereocenters. The van der Waals surface area contributed by atoms with E-state index in [1.807, 2.05) is 31.3 Å². The van der Waals surface area contributed by atoms with Crippen molar-refractivity contribution in [3.05, 3.63) is 36.0 Å². The average Bonchev–Trinajstić information content (AvgIpc) is 2.61. The predicted octanol–water partition coefficient (Wildman–Crippen LogP) is 1.90. The van der Waals surface area contributed by atoms with Gasteiger partial charge in [-0.05, 0) is 19.1 Å². The van der Waals surface area contributed by atoms with Crippen LogP contribution in [0.1, 0.15) is 17.3 Å². The molecular formula is C11H11NO2. The van der Waals surface area contributed by atoms with Crippen molar-refractivity contribution in [2.45, 2.75) is 6.92 Å². The van der Waals surface area contributed by atoms with Crippen LogP contribution in [-0.4, -0.2) is 17.6 Å². The fraction of sp³-hybridized carbons (Fsp3) is 0.182. The van der Waals surface area contributed by atoms with Gasteiger partial charge in [-0.25, -0.2) is 0 Å². The lowest BCUT2D eigenvalue weighted by Gasteiger charge is -2.04. The summed E-state index contributed by atoms with van der Waals surface area (Å²) in [6.45, 7) is 2.53. The molecule has 0 aliphatic heterocycles. The lowest BCUT2D eigenvalue weighted by Crippen LogP contribution is -2.08. The highest BCUT2D eigenvalue weighted by atomic mass is 16.7. The summed E-state index contributed by atoms with van der Waals surface area (Å²) in [4.78, 5) is 16.0. The summed E-state index contributed by atoms with van der Waals surface area (Å²) in [6, 6.07) is 7.48.